The number of carbonyl (C=O) groups is 2. The molecule has 24 heavy (non-hydrogen) atoms. The zero-order chi connectivity index (χ0) is 17.5. The average Bonchev–Trinajstić information content (AvgIpc) is 3.12. The Morgan fingerprint density at radius 1 is 1.50 bits per heavy atom. The molecule has 0 aromatic heterocycles. The van der Waals surface area contributed by atoms with E-state index in [9.17, 15) is 9.59 Å². The SMILES string of the molecule is C=C1C(=O)O[C@H]2[C@H]1CC/C(COC(=O)C(C)C)=C\CC[C@@]1(C)O[C@@H]21. The Hall–Kier alpha value is -1.62. The van der Waals surface area contributed by atoms with E-state index >= 15 is 0 Å². The highest BCUT2D eigenvalue weighted by Crippen LogP contribution is 2.49. The van der Waals surface area contributed by atoms with Gasteiger partial charge in [0.25, 0.3) is 0 Å². The van der Waals surface area contributed by atoms with Crippen LogP contribution in [-0.2, 0) is 23.8 Å². The van der Waals surface area contributed by atoms with E-state index in [1.165, 1.54) is 0 Å². The molecule has 1 aliphatic carbocycles. The van der Waals surface area contributed by atoms with Crippen LogP contribution in [0.4, 0.5) is 0 Å². The van der Waals surface area contributed by atoms with E-state index in [4.69, 9.17) is 14.2 Å². The van der Waals surface area contributed by atoms with E-state index in [0.29, 0.717) is 12.2 Å². The Morgan fingerprint density at radius 3 is 2.96 bits per heavy atom. The lowest BCUT2D eigenvalue weighted by Crippen LogP contribution is -2.29. The van der Waals surface area contributed by atoms with Crippen LogP contribution in [-0.4, -0.2) is 36.4 Å². The lowest BCUT2D eigenvalue weighted by atomic mass is 9.84. The van der Waals surface area contributed by atoms with Crippen molar-refractivity contribution in [2.24, 2.45) is 11.8 Å². The normalized spacial score (nSPS) is 37.8. The predicted molar refractivity (Wildman–Crippen MR) is 88.1 cm³/mol. The monoisotopic (exact) mass is 334 g/mol. The van der Waals surface area contributed by atoms with Crippen LogP contribution in [0.2, 0.25) is 0 Å². The third kappa shape index (κ3) is 3.27. The van der Waals surface area contributed by atoms with Crippen LogP contribution >= 0.6 is 0 Å². The number of ether oxygens (including phenoxy) is 3. The van der Waals surface area contributed by atoms with Crippen molar-refractivity contribution in [3.8, 4) is 0 Å². The number of fused-ring (bicyclic) bond motifs is 3. The van der Waals surface area contributed by atoms with Gasteiger partial charge in [-0.2, -0.15) is 0 Å². The minimum atomic E-state index is -0.307. The Kier molecular flexibility index (Phi) is 4.56. The molecule has 2 aliphatic heterocycles. The molecular formula is C19H26O5. The van der Waals surface area contributed by atoms with E-state index in [-0.39, 0.29) is 41.6 Å². The molecular weight excluding hydrogens is 308 g/mol. The fraction of sp³-hybridized carbons (Fsp3) is 0.684. The molecule has 0 spiro atoms. The number of hydrogen-bond donors (Lipinski definition) is 0. The van der Waals surface area contributed by atoms with E-state index in [1.807, 2.05) is 13.8 Å². The zero-order valence-corrected chi connectivity index (χ0v) is 14.7. The molecule has 0 saturated carbocycles. The highest BCUT2D eigenvalue weighted by molar-refractivity contribution is 5.91. The fourth-order valence-electron chi connectivity index (χ4n) is 3.58. The summed E-state index contributed by atoms with van der Waals surface area (Å²) >= 11 is 0. The van der Waals surface area contributed by atoms with Crippen molar-refractivity contribution in [2.75, 3.05) is 6.61 Å². The number of epoxide rings is 1. The Labute approximate surface area is 143 Å². The first-order chi connectivity index (χ1) is 11.3. The Bertz CT molecular complexity index is 591. The summed E-state index contributed by atoms with van der Waals surface area (Å²) in [6, 6.07) is 0. The molecule has 0 aromatic carbocycles. The van der Waals surface area contributed by atoms with Gasteiger partial charge in [-0.15, -0.1) is 0 Å². The predicted octanol–water partition coefficient (Wildman–Crippen LogP) is 2.94. The standard InChI is InChI=1S/C19H26O5/c1-11(2)17(20)22-10-13-6-5-9-19(4)16(24-19)15-14(8-7-13)12(3)18(21)23-15/h6,11,14-16H,3,5,7-10H2,1-2,4H3/b13-6+/t14-,15-,16-,19+/m0/s1. The maximum Gasteiger partial charge on any atom is 0.334 e. The van der Waals surface area contributed by atoms with Gasteiger partial charge in [-0.05, 0) is 38.2 Å². The van der Waals surface area contributed by atoms with E-state index < -0.39 is 0 Å². The lowest BCUT2D eigenvalue weighted by Gasteiger charge is -2.20. The van der Waals surface area contributed by atoms with Gasteiger partial charge < -0.3 is 14.2 Å². The molecule has 2 heterocycles. The molecule has 5 heteroatoms. The largest absolute Gasteiger partial charge is 0.461 e. The molecule has 132 valence electrons. The van der Waals surface area contributed by atoms with Crippen LogP contribution < -0.4 is 0 Å². The number of hydrogen-bond acceptors (Lipinski definition) is 5. The van der Waals surface area contributed by atoms with Crippen LogP contribution in [0.15, 0.2) is 23.8 Å². The number of rotatable bonds is 3. The summed E-state index contributed by atoms with van der Waals surface area (Å²) in [6.45, 7) is 9.94. The van der Waals surface area contributed by atoms with Crippen LogP contribution in [0.5, 0.6) is 0 Å². The number of esters is 2. The quantitative estimate of drug-likeness (QED) is 0.344. The third-order valence-electron chi connectivity index (χ3n) is 5.31. The second-order valence-corrected chi connectivity index (χ2v) is 7.55. The molecule has 3 rings (SSSR count). The lowest BCUT2D eigenvalue weighted by molar-refractivity contribution is -0.146. The molecule has 4 atom stereocenters. The summed E-state index contributed by atoms with van der Waals surface area (Å²) in [6.07, 6.45) is 5.16. The van der Waals surface area contributed by atoms with Gasteiger partial charge >= 0.3 is 11.9 Å². The van der Waals surface area contributed by atoms with Gasteiger partial charge in [0.1, 0.15) is 18.8 Å². The van der Waals surface area contributed by atoms with Crippen LogP contribution in [0, 0.1) is 11.8 Å². The fourth-order valence-corrected chi connectivity index (χ4v) is 3.58. The molecule has 2 saturated heterocycles. The van der Waals surface area contributed by atoms with Crippen LogP contribution in [0.25, 0.3) is 0 Å². The molecule has 0 unspecified atom stereocenters. The molecule has 0 N–H and O–H groups in total. The van der Waals surface area contributed by atoms with Crippen molar-refractivity contribution in [2.45, 2.75) is 64.3 Å². The van der Waals surface area contributed by atoms with Crippen molar-refractivity contribution in [3.05, 3.63) is 23.8 Å². The average molecular weight is 334 g/mol. The van der Waals surface area contributed by atoms with Crippen LogP contribution in [0.3, 0.4) is 0 Å². The second kappa shape index (κ2) is 6.36. The van der Waals surface area contributed by atoms with Gasteiger partial charge in [0, 0.05) is 11.5 Å². The van der Waals surface area contributed by atoms with E-state index in [0.717, 1.165) is 31.3 Å². The number of allylic oxidation sites excluding steroid dienone is 1. The number of carbonyl (C=O) groups excluding carboxylic acids is 2. The summed E-state index contributed by atoms with van der Waals surface area (Å²) in [7, 11) is 0. The minimum absolute atomic E-state index is 0.0216. The van der Waals surface area contributed by atoms with Crippen molar-refractivity contribution in [3.63, 3.8) is 0 Å². The molecule has 5 nitrogen and oxygen atoms in total. The molecule has 3 aliphatic rings. The van der Waals surface area contributed by atoms with Gasteiger partial charge in [0.05, 0.1) is 11.5 Å². The van der Waals surface area contributed by atoms with Gasteiger partial charge in [0.15, 0.2) is 0 Å². The minimum Gasteiger partial charge on any atom is -0.461 e. The molecule has 0 bridgehead atoms. The summed E-state index contributed by atoms with van der Waals surface area (Å²) in [4.78, 5) is 23.6. The first kappa shape index (κ1) is 17.2. The second-order valence-electron chi connectivity index (χ2n) is 7.55. The molecule has 2 fully saturated rings. The van der Waals surface area contributed by atoms with E-state index in [1.54, 1.807) is 0 Å². The van der Waals surface area contributed by atoms with Gasteiger partial charge in [0.2, 0.25) is 0 Å². The first-order valence-corrected chi connectivity index (χ1v) is 8.74. The van der Waals surface area contributed by atoms with Gasteiger partial charge in [-0.3, -0.25) is 4.79 Å². The molecule has 0 radical (unpaired) electrons. The van der Waals surface area contributed by atoms with E-state index in [2.05, 4.69) is 19.6 Å². The van der Waals surface area contributed by atoms with Gasteiger partial charge in [-0.1, -0.05) is 26.5 Å². The Morgan fingerprint density at radius 2 is 2.25 bits per heavy atom. The molecule has 0 aromatic rings. The highest BCUT2D eigenvalue weighted by atomic mass is 16.6. The summed E-state index contributed by atoms with van der Waals surface area (Å²) in [5.74, 6) is -0.646. The topological polar surface area (TPSA) is 65.1 Å². The van der Waals surface area contributed by atoms with Crippen LogP contribution in [0.1, 0.15) is 46.5 Å². The highest BCUT2D eigenvalue weighted by Gasteiger charge is 2.61. The van der Waals surface area contributed by atoms with Crippen molar-refractivity contribution in [1.82, 2.24) is 0 Å². The van der Waals surface area contributed by atoms with Crippen molar-refractivity contribution >= 4 is 11.9 Å². The maximum atomic E-state index is 11.9. The third-order valence-corrected chi connectivity index (χ3v) is 5.31. The van der Waals surface area contributed by atoms with Gasteiger partial charge in [-0.25, -0.2) is 4.79 Å². The first-order valence-electron chi connectivity index (χ1n) is 8.74. The summed E-state index contributed by atoms with van der Waals surface area (Å²) in [5.41, 5.74) is 1.40. The summed E-state index contributed by atoms with van der Waals surface area (Å²) in [5, 5.41) is 0. The smallest absolute Gasteiger partial charge is 0.334 e. The maximum absolute atomic E-state index is 11.9. The summed E-state index contributed by atoms with van der Waals surface area (Å²) < 4.78 is 16.8. The Balaban J connectivity index is 1.71. The van der Waals surface area contributed by atoms with Crippen molar-refractivity contribution in [1.29, 1.82) is 0 Å². The molecule has 0 amide bonds. The van der Waals surface area contributed by atoms with Crippen molar-refractivity contribution < 1.29 is 23.8 Å². The zero-order valence-electron chi connectivity index (χ0n) is 14.7.